The molecule has 2 rings (SSSR count). The first-order valence-corrected chi connectivity index (χ1v) is 6.09. The number of benzene rings is 1. The van der Waals surface area contributed by atoms with Gasteiger partial charge in [0.1, 0.15) is 0 Å². The fourth-order valence-electron chi connectivity index (χ4n) is 2.33. The number of fused-ring (bicyclic) bond motifs is 1. The van der Waals surface area contributed by atoms with Gasteiger partial charge >= 0.3 is 5.76 Å². The predicted octanol–water partition coefficient (Wildman–Crippen LogP) is 0.0538. The van der Waals surface area contributed by atoms with Crippen LogP contribution >= 0.6 is 0 Å². The zero-order valence-electron chi connectivity index (χ0n) is 11.3. The van der Waals surface area contributed by atoms with Gasteiger partial charge in [0.15, 0.2) is 5.58 Å². The van der Waals surface area contributed by atoms with Gasteiger partial charge < -0.3 is 20.2 Å². The number of nitrogens with zero attached hydrogens (tertiary/aromatic N) is 2. The van der Waals surface area contributed by atoms with Crippen molar-refractivity contribution in [1.29, 1.82) is 0 Å². The molecular formula is C13H19N3O3. The second-order valence-corrected chi connectivity index (χ2v) is 4.87. The van der Waals surface area contributed by atoms with E-state index in [1.54, 1.807) is 13.1 Å². The molecule has 6 heteroatoms. The Balaban J connectivity index is 2.52. The molecule has 0 aliphatic carbocycles. The van der Waals surface area contributed by atoms with Crippen LogP contribution < -0.4 is 11.5 Å². The van der Waals surface area contributed by atoms with Gasteiger partial charge in [0.05, 0.1) is 17.7 Å². The molecule has 2 aromatic rings. The highest BCUT2D eigenvalue weighted by atomic mass is 16.4. The van der Waals surface area contributed by atoms with E-state index in [0.717, 1.165) is 11.1 Å². The highest BCUT2D eigenvalue weighted by Gasteiger charge is 2.23. The Morgan fingerprint density at radius 2 is 2.16 bits per heavy atom. The van der Waals surface area contributed by atoms with Crippen LogP contribution in [0.1, 0.15) is 11.6 Å². The average molecular weight is 265 g/mol. The summed E-state index contributed by atoms with van der Waals surface area (Å²) in [6, 6.07) is 5.23. The number of hydrogen-bond donors (Lipinski definition) is 2. The van der Waals surface area contributed by atoms with Crippen LogP contribution in [-0.2, 0) is 7.05 Å². The van der Waals surface area contributed by atoms with E-state index >= 15 is 0 Å². The number of likely N-dealkylation sites (N-methyl/N-ethyl adjacent to an activating group) is 1. The predicted molar refractivity (Wildman–Crippen MR) is 72.9 cm³/mol. The third-order valence-electron chi connectivity index (χ3n) is 3.32. The minimum absolute atomic E-state index is 0.166. The zero-order valence-corrected chi connectivity index (χ0v) is 11.3. The molecule has 0 saturated heterocycles. The first kappa shape index (κ1) is 13.8. The fourth-order valence-corrected chi connectivity index (χ4v) is 2.33. The summed E-state index contributed by atoms with van der Waals surface area (Å²) in [7, 11) is 5.40. The van der Waals surface area contributed by atoms with Crippen molar-refractivity contribution in [2.24, 2.45) is 12.8 Å². The summed E-state index contributed by atoms with van der Waals surface area (Å²) in [4.78, 5) is 13.3. The first-order valence-electron chi connectivity index (χ1n) is 6.09. The average Bonchev–Trinajstić information content (AvgIpc) is 2.64. The van der Waals surface area contributed by atoms with Gasteiger partial charge in [0.2, 0.25) is 0 Å². The molecule has 3 N–H and O–H groups in total. The van der Waals surface area contributed by atoms with Crippen molar-refractivity contribution in [3.05, 3.63) is 34.3 Å². The molecule has 2 unspecified atom stereocenters. The molecule has 0 spiro atoms. The van der Waals surface area contributed by atoms with Gasteiger partial charge in [-0.3, -0.25) is 4.57 Å². The second-order valence-electron chi connectivity index (χ2n) is 4.87. The summed E-state index contributed by atoms with van der Waals surface area (Å²) in [5.41, 5.74) is 7.65. The Bertz CT molecular complexity index is 630. The van der Waals surface area contributed by atoms with E-state index < -0.39 is 11.9 Å². The van der Waals surface area contributed by atoms with Crippen molar-refractivity contribution in [2.45, 2.75) is 12.1 Å². The maximum absolute atomic E-state index is 11.5. The lowest BCUT2D eigenvalue weighted by atomic mass is 10.00. The number of aliphatic hydroxyl groups excluding tert-OH is 1. The molecule has 104 valence electrons. The Kier molecular flexibility index (Phi) is 3.75. The quantitative estimate of drug-likeness (QED) is 0.816. The van der Waals surface area contributed by atoms with Gasteiger partial charge in [-0.2, -0.15) is 0 Å². The zero-order chi connectivity index (χ0) is 14.2. The van der Waals surface area contributed by atoms with Crippen LogP contribution in [0.4, 0.5) is 0 Å². The van der Waals surface area contributed by atoms with Crippen LogP contribution in [0.2, 0.25) is 0 Å². The van der Waals surface area contributed by atoms with Crippen LogP contribution in [0.5, 0.6) is 0 Å². The van der Waals surface area contributed by atoms with Crippen molar-refractivity contribution in [2.75, 3.05) is 20.6 Å². The standard InChI is InChI=1S/C13H19N3O3/c1-15(2)12(10(17)7-14)8-4-5-9-11(6-8)19-13(18)16(9)3/h4-6,10,12,17H,7,14H2,1-3H3. The lowest BCUT2D eigenvalue weighted by Crippen LogP contribution is -2.36. The molecule has 0 saturated carbocycles. The molecular weight excluding hydrogens is 246 g/mol. The molecule has 0 aliphatic heterocycles. The van der Waals surface area contributed by atoms with E-state index in [1.165, 1.54) is 4.57 Å². The van der Waals surface area contributed by atoms with Gasteiger partial charge in [0.25, 0.3) is 0 Å². The number of rotatable bonds is 4. The minimum atomic E-state index is -0.678. The van der Waals surface area contributed by atoms with Gasteiger partial charge in [-0.15, -0.1) is 0 Å². The lowest BCUT2D eigenvalue weighted by molar-refractivity contribution is 0.0824. The summed E-state index contributed by atoms with van der Waals surface area (Å²) < 4.78 is 6.61. The molecule has 1 aromatic heterocycles. The minimum Gasteiger partial charge on any atom is -0.408 e. The third kappa shape index (κ3) is 2.42. The summed E-state index contributed by atoms with van der Waals surface area (Å²) >= 11 is 0. The topological polar surface area (TPSA) is 84.6 Å². The van der Waals surface area contributed by atoms with Crippen molar-refractivity contribution in [3.8, 4) is 0 Å². The molecule has 0 aliphatic rings. The van der Waals surface area contributed by atoms with Gasteiger partial charge in [-0.25, -0.2) is 4.79 Å². The Labute approximate surface area is 111 Å². The highest BCUT2D eigenvalue weighted by Crippen LogP contribution is 2.25. The summed E-state index contributed by atoms with van der Waals surface area (Å²) in [5, 5.41) is 10.0. The van der Waals surface area contributed by atoms with Gasteiger partial charge in [0, 0.05) is 13.6 Å². The van der Waals surface area contributed by atoms with Crippen molar-refractivity contribution >= 4 is 11.1 Å². The smallest absolute Gasteiger partial charge is 0.408 e. The molecule has 0 bridgehead atoms. The number of hydrogen-bond acceptors (Lipinski definition) is 5. The van der Waals surface area contributed by atoms with Crippen molar-refractivity contribution in [1.82, 2.24) is 9.47 Å². The maximum atomic E-state index is 11.5. The van der Waals surface area contributed by atoms with E-state index in [2.05, 4.69) is 0 Å². The third-order valence-corrected chi connectivity index (χ3v) is 3.32. The van der Waals surface area contributed by atoms with Gasteiger partial charge in [-0.1, -0.05) is 6.07 Å². The summed E-state index contributed by atoms with van der Waals surface area (Å²) in [6.45, 7) is 0.166. The number of nitrogens with two attached hydrogens (primary N) is 1. The highest BCUT2D eigenvalue weighted by molar-refractivity contribution is 5.73. The molecule has 2 atom stereocenters. The van der Waals surface area contributed by atoms with E-state index in [1.807, 2.05) is 31.1 Å². The molecule has 0 amide bonds. The van der Waals surface area contributed by atoms with E-state index in [9.17, 15) is 9.90 Å². The normalized spacial score (nSPS) is 15.1. The first-order chi connectivity index (χ1) is 8.95. The fraction of sp³-hybridized carbons (Fsp3) is 0.462. The van der Waals surface area contributed by atoms with E-state index in [0.29, 0.717) is 5.58 Å². The molecule has 19 heavy (non-hydrogen) atoms. The number of aromatic nitrogens is 1. The summed E-state index contributed by atoms with van der Waals surface area (Å²) in [6.07, 6.45) is -0.678. The van der Waals surface area contributed by atoms with Crippen molar-refractivity contribution < 1.29 is 9.52 Å². The monoisotopic (exact) mass is 265 g/mol. The Hall–Kier alpha value is -1.63. The number of aryl methyl sites for hydroxylation is 1. The second kappa shape index (κ2) is 5.16. The van der Waals surface area contributed by atoms with Crippen LogP contribution in [0.3, 0.4) is 0 Å². The molecule has 0 fully saturated rings. The SMILES string of the molecule is CN(C)C(c1ccc2c(c1)oc(=O)n2C)C(O)CN. The number of oxazole rings is 1. The Morgan fingerprint density at radius 1 is 1.47 bits per heavy atom. The molecule has 1 aromatic carbocycles. The maximum Gasteiger partial charge on any atom is 0.419 e. The lowest BCUT2D eigenvalue weighted by Gasteiger charge is -2.28. The van der Waals surface area contributed by atoms with Crippen LogP contribution in [0.15, 0.2) is 27.4 Å². The molecule has 1 heterocycles. The largest absolute Gasteiger partial charge is 0.419 e. The molecule has 6 nitrogen and oxygen atoms in total. The van der Waals surface area contributed by atoms with Crippen LogP contribution in [0.25, 0.3) is 11.1 Å². The summed E-state index contributed by atoms with van der Waals surface area (Å²) in [5.74, 6) is -0.395. The number of aliphatic hydroxyl groups is 1. The van der Waals surface area contributed by atoms with Crippen molar-refractivity contribution in [3.63, 3.8) is 0 Å². The van der Waals surface area contributed by atoms with Crippen LogP contribution in [-0.4, -0.2) is 41.3 Å². The molecule has 0 radical (unpaired) electrons. The van der Waals surface area contributed by atoms with E-state index in [4.69, 9.17) is 10.2 Å². The van der Waals surface area contributed by atoms with Gasteiger partial charge in [-0.05, 0) is 31.8 Å². The van der Waals surface area contributed by atoms with Crippen LogP contribution in [0, 0.1) is 0 Å². The Morgan fingerprint density at radius 3 is 2.74 bits per heavy atom. The van der Waals surface area contributed by atoms with E-state index in [-0.39, 0.29) is 12.6 Å².